The molecular weight excluding hydrogens is 212 g/mol. The lowest BCUT2D eigenvalue weighted by atomic mass is 9.94. The molecule has 3 heteroatoms. The highest BCUT2D eigenvalue weighted by atomic mass is 16.3. The van der Waals surface area contributed by atoms with Gasteiger partial charge in [0.05, 0.1) is 17.3 Å². The molecule has 0 amide bonds. The molecule has 0 aliphatic rings. The van der Waals surface area contributed by atoms with Crippen molar-refractivity contribution in [2.75, 3.05) is 0 Å². The fourth-order valence-electron chi connectivity index (χ4n) is 2.10. The average Bonchev–Trinajstić information content (AvgIpc) is 2.67. The largest absolute Gasteiger partial charge is 0.388 e. The summed E-state index contributed by atoms with van der Waals surface area (Å²) in [7, 11) is 0. The minimum absolute atomic E-state index is 0.195. The Morgan fingerprint density at radius 2 is 1.88 bits per heavy atom. The van der Waals surface area contributed by atoms with Gasteiger partial charge in [-0.05, 0) is 24.0 Å². The summed E-state index contributed by atoms with van der Waals surface area (Å²) in [4.78, 5) is 0. The molecule has 2 aromatic heterocycles. The number of hydrogen-bond donors (Lipinski definition) is 1. The van der Waals surface area contributed by atoms with Crippen molar-refractivity contribution < 1.29 is 5.11 Å². The number of pyridine rings is 1. The van der Waals surface area contributed by atoms with E-state index in [0.29, 0.717) is 5.92 Å². The van der Waals surface area contributed by atoms with E-state index in [1.165, 1.54) is 0 Å². The summed E-state index contributed by atoms with van der Waals surface area (Å²) >= 11 is 0. The maximum Gasteiger partial charge on any atom is 0.0852 e. The van der Waals surface area contributed by atoms with Crippen LogP contribution in [0.1, 0.15) is 51.0 Å². The van der Waals surface area contributed by atoms with Crippen molar-refractivity contribution in [2.45, 2.75) is 39.7 Å². The predicted octanol–water partition coefficient (Wildman–Crippen LogP) is 3.15. The fourth-order valence-corrected chi connectivity index (χ4v) is 2.10. The van der Waals surface area contributed by atoms with Gasteiger partial charge in [-0.25, -0.2) is 4.52 Å². The van der Waals surface area contributed by atoms with Gasteiger partial charge in [-0.3, -0.25) is 0 Å². The second-order valence-electron chi connectivity index (χ2n) is 5.17. The van der Waals surface area contributed by atoms with E-state index in [9.17, 15) is 5.11 Å². The molecule has 0 saturated heterocycles. The highest BCUT2D eigenvalue weighted by Gasteiger charge is 2.23. The van der Waals surface area contributed by atoms with Crippen LogP contribution in [-0.4, -0.2) is 14.7 Å². The van der Waals surface area contributed by atoms with Gasteiger partial charge in [0, 0.05) is 11.8 Å². The standard InChI is InChI=1S/C14H20N2O/c1-9(2)13-12(14(17)10(3)4)11-7-5-6-8-16(11)15-13/h5-10,14,17H,1-4H3/t14-/m0/s1. The van der Waals surface area contributed by atoms with E-state index in [-0.39, 0.29) is 5.92 Å². The third-order valence-electron chi connectivity index (χ3n) is 3.08. The Kier molecular flexibility index (Phi) is 3.20. The fraction of sp³-hybridized carbons (Fsp3) is 0.500. The molecule has 0 fully saturated rings. The highest BCUT2D eigenvalue weighted by Crippen LogP contribution is 2.32. The summed E-state index contributed by atoms with van der Waals surface area (Å²) in [6.45, 7) is 8.28. The van der Waals surface area contributed by atoms with Gasteiger partial charge in [-0.1, -0.05) is 33.8 Å². The lowest BCUT2D eigenvalue weighted by molar-refractivity contribution is 0.127. The third kappa shape index (κ3) is 2.07. The zero-order valence-corrected chi connectivity index (χ0v) is 10.9. The highest BCUT2D eigenvalue weighted by molar-refractivity contribution is 5.58. The zero-order chi connectivity index (χ0) is 12.6. The van der Waals surface area contributed by atoms with Crippen LogP contribution in [0.5, 0.6) is 0 Å². The van der Waals surface area contributed by atoms with Gasteiger partial charge in [0.25, 0.3) is 0 Å². The summed E-state index contributed by atoms with van der Waals surface area (Å²) in [5, 5.41) is 14.9. The van der Waals surface area contributed by atoms with Gasteiger partial charge < -0.3 is 5.11 Å². The number of aliphatic hydroxyl groups excluding tert-OH is 1. The molecule has 2 rings (SSSR count). The second-order valence-corrected chi connectivity index (χ2v) is 5.17. The first-order valence-corrected chi connectivity index (χ1v) is 6.17. The lowest BCUT2D eigenvalue weighted by Gasteiger charge is -2.16. The summed E-state index contributed by atoms with van der Waals surface area (Å²) in [6.07, 6.45) is 1.48. The van der Waals surface area contributed by atoms with Crippen molar-refractivity contribution >= 4 is 5.52 Å². The molecule has 3 nitrogen and oxygen atoms in total. The van der Waals surface area contributed by atoms with Crippen LogP contribution in [0.25, 0.3) is 5.52 Å². The molecule has 1 N–H and O–H groups in total. The Hall–Kier alpha value is -1.35. The Morgan fingerprint density at radius 3 is 2.47 bits per heavy atom. The maximum atomic E-state index is 10.4. The smallest absolute Gasteiger partial charge is 0.0852 e. The number of hydrogen-bond acceptors (Lipinski definition) is 2. The molecule has 92 valence electrons. The van der Waals surface area contributed by atoms with Crippen LogP contribution in [-0.2, 0) is 0 Å². The SMILES string of the molecule is CC(C)c1nn2ccccc2c1[C@@H](O)C(C)C. The monoisotopic (exact) mass is 232 g/mol. The topological polar surface area (TPSA) is 37.5 Å². The first-order chi connectivity index (χ1) is 8.02. The summed E-state index contributed by atoms with van der Waals surface area (Å²) in [6, 6.07) is 5.95. The van der Waals surface area contributed by atoms with E-state index in [4.69, 9.17) is 0 Å². The Morgan fingerprint density at radius 1 is 1.18 bits per heavy atom. The van der Waals surface area contributed by atoms with Crippen LogP contribution in [0.15, 0.2) is 24.4 Å². The Bertz CT molecular complexity index is 514. The normalized spacial score (nSPS) is 13.8. The number of nitrogens with zero attached hydrogens (tertiary/aromatic N) is 2. The van der Waals surface area contributed by atoms with Crippen LogP contribution < -0.4 is 0 Å². The predicted molar refractivity (Wildman–Crippen MR) is 69.1 cm³/mol. The molecule has 0 aromatic carbocycles. The van der Waals surface area contributed by atoms with Gasteiger partial charge in [-0.2, -0.15) is 5.10 Å². The quantitative estimate of drug-likeness (QED) is 0.882. The van der Waals surface area contributed by atoms with Gasteiger partial charge in [0.15, 0.2) is 0 Å². The van der Waals surface area contributed by atoms with Crippen molar-refractivity contribution in [3.05, 3.63) is 35.7 Å². The molecule has 0 aliphatic heterocycles. The van der Waals surface area contributed by atoms with Crippen molar-refractivity contribution in [1.82, 2.24) is 9.61 Å². The average molecular weight is 232 g/mol. The number of fused-ring (bicyclic) bond motifs is 1. The summed E-state index contributed by atoms with van der Waals surface area (Å²) in [5.74, 6) is 0.513. The van der Waals surface area contributed by atoms with Crippen molar-refractivity contribution in [2.24, 2.45) is 5.92 Å². The number of aliphatic hydroxyl groups is 1. The van der Waals surface area contributed by atoms with Crippen LogP contribution in [0.3, 0.4) is 0 Å². The molecule has 2 aromatic rings. The van der Waals surface area contributed by atoms with E-state index >= 15 is 0 Å². The minimum atomic E-state index is -0.452. The van der Waals surface area contributed by atoms with Crippen molar-refractivity contribution in [1.29, 1.82) is 0 Å². The lowest BCUT2D eigenvalue weighted by Crippen LogP contribution is -2.08. The van der Waals surface area contributed by atoms with Gasteiger partial charge >= 0.3 is 0 Å². The molecule has 0 bridgehead atoms. The van der Waals surface area contributed by atoms with Gasteiger partial charge in [0.2, 0.25) is 0 Å². The molecule has 0 saturated carbocycles. The van der Waals surface area contributed by atoms with Crippen molar-refractivity contribution in [3.63, 3.8) is 0 Å². The van der Waals surface area contributed by atoms with Crippen LogP contribution in [0, 0.1) is 5.92 Å². The van der Waals surface area contributed by atoms with E-state index in [1.807, 2.05) is 42.8 Å². The molecular formula is C14H20N2O. The molecule has 1 atom stereocenters. The van der Waals surface area contributed by atoms with E-state index in [0.717, 1.165) is 16.8 Å². The van der Waals surface area contributed by atoms with E-state index in [1.54, 1.807) is 0 Å². The summed E-state index contributed by atoms with van der Waals surface area (Å²) in [5.41, 5.74) is 2.99. The first kappa shape index (κ1) is 12.1. The molecule has 17 heavy (non-hydrogen) atoms. The molecule has 0 radical (unpaired) electrons. The molecule has 2 heterocycles. The second kappa shape index (κ2) is 4.49. The Labute approximate surface area is 102 Å². The summed E-state index contributed by atoms with van der Waals surface area (Å²) < 4.78 is 1.86. The van der Waals surface area contributed by atoms with Crippen LogP contribution >= 0.6 is 0 Å². The Balaban J connectivity index is 2.68. The van der Waals surface area contributed by atoms with E-state index < -0.39 is 6.10 Å². The van der Waals surface area contributed by atoms with Crippen molar-refractivity contribution in [3.8, 4) is 0 Å². The van der Waals surface area contributed by atoms with E-state index in [2.05, 4.69) is 18.9 Å². The van der Waals surface area contributed by atoms with Crippen LogP contribution in [0.4, 0.5) is 0 Å². The molecule has 0 aliphatic carbocycles. The molecule has 0 spiro atoms. The zero-order valence-electron chi connectivity index (χ0n) is 10.9. The van der Waals surface area contributed by atoms with Gasteiger partial charge in [0.1, 0.15) is 0 Å². The third-order valence-corrected chi connectivity index (χ3v) is 3.08. The first-order valence-electron chi connectivity index (χ1n) is 6.17. The van der Waals surface area contributed by atoms with Gasteiger partial charge in [-0.15, -0.1) is 0 Å². The maximum absolute atomic E-state index is 10.4. The number of aromatic nitrogens is 2. The molecule has 0 unspecified atom stereocenters. The number of rotatable bonds is 3. The minimum Gasteiger partial charge on any atom is -0.388 e. The van der Waals surface area contributed by atoms with Crippen LogP contribution in [0.2, 0.25) is 0 Å².